The molecule has 0 fully saturated rings. The van der Waals surface area contributed by atoms with Gasteiger partial charge in [-0.2, -0.15) is 5.10 Å². The van der Waals surface area contributed by atoms with Crippen LogP contribution in [0, 0.1) is 6.92 Å². The van der Waals surface area contributed by atoms with E-state index in [2.05, 4.69) is 10.5 Å². The maximum atomic E-state index is 12.0. The van der Waals surface area contributed by atoms with Crippen molar-refractivity contribution in [2.24, 2.45) is 5.10 Å². The van der Waals surface area contributed by atoms with Crippen LogP contribution in [-0.4, -0.2) is 18.7 Å². The Kier molecular flexibility index (Phi) is 5.07. The molecule has 0 aliphatic heterocycles. The van der Waals surface area contributed by atoms with Gasteiger partial charge in [0.1, 0.15) is 11.3 Å². The van der Waals surface area contributed by atoms with E-state index in [1.165, 1.54) is 6.07 Å². The van der Waals surface area contributed by atoms with Crippen LogP contribution < -0.4 is 15.8 Å². The maximum Gasteiger partial charge on any atom is 0.336 e. The average Bonchev–Trinajstić information content (AvgIpc) is 2.72. The Morgan fingerprint density at radius 3 is 2.76 bits per heavy atom. The first-order valence-electron chi connectivity index (χ1n) is 9.06. The first kappa shape index (κ1) is 18.4. The van der Waals surface area contributed by atoms with Gasteiger partial charge in [0.05, 0.1) is 6.21 Å². The van der Waals surface area contributed by atoms with E-state index in [9.17, 15) is 9.59 Å². The molecule has 1 heterocycles. The highest BCUT2D eigenvalue weighted by molar-refractivity contribution is 5.91. The summed E-state index contributed by atoms with van der Waals surface area (Å²) in [6.45, 7) is 1.62. The second kappa shape index (κ2) is 7.98. The first-order valence-corrected chi connectivity index (χ1v) is 9.06. The van der Waals surface area contributed by atoms with E-state index < -0.39 is 11.5 Å². The molecule has 1 aromatic heterocycles. The zero-order valence-corrected chi connectivity index (χ0v) is 15.7. The number of hydrogen-bond donors (Lipinski definition) is 1. The standard InChI is InChI=1S/C23H18N2O4/c1-15-10-23(27)29-21-12-19(8-9-20(15)21)28-14-22(26)25-24-13-16-6-7-17-4-2-3-5-18(17)11-16/h2-13H,14H2,1H3,(H,25,26)/b24-13+. The highest BCUT2D eigenvalue weighted by Crippen LogP contribution is 2.22. The van der Waals surface area contributed by atoms with Gasteiger partial charge in [-0.1, -0.05) is 36.4 Å². The number of aryl methyl sites for hydroxylation is 1. The average molecular weight is 386 g/mol. The minimum absolute atomic E-state index is 0.212. The van der Waals surface area contributed by atoms with E-state index >= 15 is 0 Å². The molecule has 144 valence electrons. The van der Waals surface area contributed by atoms with Crippen LogP contribution in [-0.2, 0) is 4.79 Å². The Morgan fingerprint density at radius 2 is 1.90 bits per heavy atom. The van der Waals surface area contributed by atoms with Gasteiger partial charge < -0.3 is 9.15 Å². The van der Waals surface area contributed by atoms with Crippen LogP contribution in [0.3, 0.4) is 0 Å². The lowest BCUT2D eigenvalue weighted by Gasteiger charge is -2.06. The smallest absolute Gasteiger partial charge is 0.336 e. The number of nitrogens with zero attached hydrogens (tertiary/aromatic N) is 1. The summed E-state index contributed by atoms with van der Waals surface area (Å²) < 4.78 is 10.6. The molecule has 0 aliphatic carbocycles. The number of benzene rings is 3. The molecule has 1 N–H and O–H groups in total. The van der Waals surface area contributed by atoms with Gasteiger partial charge in [-0.15, -0.1) is 0 Å². The minimum Gasteiger partial charge on any atom is -0.484 e. The molecule has 6 nitrogen and oxygen atoms in total. The Morgan fingerprint density at radius 1 is 1.07 bits per heavy atom. The Balaban J connectivity index is 1.36. The van der Waals surface area contributed by atoms with Gasteiger partial charge in [0, 0.05) is 17.5 Å². The number of rotatable bonds is 5. The Labute approximate surface area is 166 Å². The summed E-state index contributed by atoms with van der Waals surface area (Å²) in [6.07, 6.45) is 1.58. The molecule has 0 atom stereocenters. The minimum atomic E-state index is -0.423. The van der Waals surface area contributed by atoms with Gasteiger partial charge in [-0.25, -0.2) is 10.2 Å². The number of ether oxygens (including phenoxy) is 1. The molecule has 4 aromatic rings. The summed E-state index contributed by atoms with van der Waals surface area (Å²) in [4.78, 5) is 23.5. The van der Waals surface area contributed by atoms with Gasteiger partial charge >= 0.3 is 5.63 Å². The lowest BCUT2D eigenvalue weighted by molar-refractivity contribution is -0.123. The number of hydrazone groups is 1. The predicted octanol–water partition coefficient (Wildman–Crippen LogP) is 3.78. The van der Waals surface area contributed by atoms with Crippen molar-refractivity contribution in [3.63, 3.8) is 0 Å². The quantitative estimate of drug-likeness (QED) is 0.321. The molecule has 0 saturated heterocycles. The molecular formula is C23H18N2O4. The highest BCUT2D eigenvalue weighted by atomic mass is 16.5. The van der Waals surface area contributed by atoms with Crippen molar-refractivity contribution >= 4 is 33.9 Å². The molecular weight excluding hydrogens is 368 g/mol. The van der Waals surface area contributed by atoms with Crippen LogP contribution in [0.25, 0.3) is 21.7 Å². The van der Waals surface area contributed by atoms with Crippen LogP contribution in [0.15, 0.2) is 81.0 Å². The molecule has 0 radical (unpaired) electrons. The van der Waals surface area contributed by atoms with E-state index in [0.29, 0.717) is 11.3 Å². The largest absolute Gasteiger partial charge is 0.484 e. The predicted molar refractivity (Wildman–Crippen MR) is 112 cm³/mol. The molecule has 1 amide bonds. The molecule has 0 spiro atoms. The molecule has 0 bridgehead atoms. The number of amides is 1. The third kappa shape index (κ3) is 4.32. The van der Waals surface area contributed by atoms with Gasteiger partial charge in [0.2, 0.25) is 0 Å². The van der Waals surface area contributed by atoms with Crippen LogP contribution >= 0.6 is 0 Å². The van der Waals surface area contributed by atoms with Crippen LogP contribution in [0.2, 0.25) is 0 Å². The van der Waals surface area contributed by atoms with E-state index in [-0.39, 0.29) is 6.61 Å². The second-order valence-electron chi connectivity index (χ2n) is 6.59. The molecule has 0 aliphatic rings. The van der Waals surface area contributed by atoms with Crippen molar-refractivity contribution in [2.45, 2.75) is 6.92 Å². The third-order valence-electron chi connectivity index (χ3n) is 4.47. The second-order valence-corrected chi connectivity index (χ2v) is 6.59. The highest BCUT2D eigenvalue weighted by Gasteiger charge is 2.06. The van der Waals surface area contributed by atoms with E-state index in [0.717, 1.165) is 27.3 Å². The van der Waals surface area contributed by atoms with E-state index in [1.807, 2.05) is 49.4 Å². The fourth-order valence-electron chi connectivity index (χ4n) is 3.04. The molecule has 6 heteroatoms. The maximum absolute atomic E-state index is 12.0. The number of fused-ring (bicyclic) bond motifs is 2. The Hall–Kier alpha value is -3.93. The van der Waals surface area contributed by atoms with E-state index in [1.54, 1.807) is 24.4 Å². The molecule has 3 aromatic carbocycles. The zero-order valence-electron chi connectivity index (χ0n) is 15.7. The van der Waals surface area contributed by atoms with Gasteiger partial charge in [0.25, 0.3) is 5.91 Å². The normalized spacial score (nSPS) is 11.2. The van der Waals surface area contributed by atoms with Crippen molar-refractivity contribution < 1.29 is 13.9 Å². The first-order chi connectivity index (χ1) is 14.1. The topological polar surface area (TPSA) is 80.9 Å². The summed E-state index contributed by atoms with van der Waals surface area (Å²) in [5.74, 6) is 0.0349. The molecule has 0 unspecified atom stereocenters. The monoisotopic (exact) mass is 386 g/mol. The number of carbonyl (C=O) groups excluding carboxylic acids is 1. The van der Waals surface area contributed by atoms with Crippen molar-refractivity contribution in [3.8, 4) is 5.75 Å². The van der Waals surface area contributed by atoms with Crippen molar-refractivity contribution in [1.29, 1.82) is 0 Å². The zero-order chi connectivity index (χ0) is 20.2. The van der Waals surface area contributed by atoms with Crippen molar-refractivity contribution in [1.82, 2.24) is 5.43 Å². The number of carbonyl (C=O) groups is 1. The molecule has 29 heavy (non-hydrogen) atoms. The molecule has 0 saturated carbocycles. The van der Waals surface area contributed by atoms with Gasteiger partial charge in [0.15, 0.2) is 6.61 Å². The fourth-order valence-corrected chi connectivity index (χ4v) is 3.04. The van der Waals surface area contributed by atoms with Crippen LogP contribution in [0.4, 0.5) is 0 Å². The SMILES string of the molecule is Cc1cc(=O)oc2cc(OCC(=O)N/N=C/c3ccc4ccccc4c3)ccc12. The fraction of sp³-hybridized carbons (Fsp3) is 0.0870. The van der Waals surface area contributed by atoms with Gasteiger partial charge in [-0.05, 0) is 47.0 Å². The Bertz CT molecular complexity index is 1290. The lowest BCUT2D eigenvalue weighted by Crippen LogP contribution is -2.24. The van der Waals surface area contributed by atoms with Gasteiger partial charge in [-0.3, -0.25) is 4.79 Å². The van der Waals surface area contributed by atoms with Crippen molar-refractivity contribution in [3.05, 3.63) is 88.3 Å². The lowest BCUT2D eigenvalue weighted by atomic mass is 10.1. The van der Waals surface area contributed by atoms with Crippen LogP contribution in [0.1, 0.15) is 11.1 Å². The van der Waals surface area contributed by atoms with Crippen molar-refractivity contribution in [2.75, 3.05) is 6.61 Å². The third-order valence-corrected chi connectivity index (χ3v) is 4.47. The van der Waals surface area contributed by atoms with Crippen LogP contribution in [0.5, 0.6) is 5.75 Å². The number of nitrogens with one attached hydrogen (secondary N) is 1. The summed E-state index contributed by atoms with van der Waals surface area (Å²) in [5.41, 5.74) is 4.13. The summed E-state index contributed by atoms with van der Waals surface area (Å²) in [7, 11) is 0. The summed E-state index contributed by atoms with van der Waals surface area (Å²) in [6, 6.07) is 20.5. The number of hydrogen-bond acceptors (Lipinski definition) is 5. The summed E-state index contributed by atoms with van der Waals surface area (Å²) in [5, 5.41) is 7.03. The summed E-state index contributed by atoms with van der Waals surface area (Å²) >= 11 is 0. The van der Waals surface area contributed by atoms with E-state index in [4.69, 9.17) is 9.15 Å². The molecule has 4 rings (SSSR count).